The van der Waals surface area contributed by atoms with E-state index in [1.54, 1.807) is 18.2 Å². The molecule has 0 bridgehead atoms. The molecule has 122 valence electrons. The van der Waals surface area contributed by atoms with E-state index in [1.165, 1.54) is 12.1 Å². The fourth-order valence-electron chi connectivity index (χ4n) is 2.43. The van der Waals surface area contributed by atoms with Gasteiger partial charge in [0.1, 0.15) is 5.82 Å². The largest absolute Gasteiger partial charge is 0.356 e. The van der Waals surface area contributed by atoms with Gasteiger partial charge in [-0.1, -0.05) is 35.5 Å². The van der Waals surface area contributed by atoms with Gasteiger partial charge in [0.25, 0.3) is 0 Å². The van der Waals surface area contributed by atoms with Crippen LogP contribution in [0, 0.1) is 5.82 Å². The number of carbonyl (C=O) groups is 1. The maximum absolute atomic E-state index is 12.9. The van der Waals surface area contributed by atoms with Crippen molar-refractivity contribution < 1.29 is 13.7 Å². The number of hydrogen-bond donors (Lipinski definition) is 1. The maximum Gasteiger partial charge on any atom is 0.226 e. The van der Waals surface area contributed by atoms with Gasteiger partial charge >= 0.3 is 0 Å². The minimum absolute atomic E-state index is 0.0813. The van der Waals surface area contributed by atoms with Crippen molar-refractivity contribution in [1.29, 1.82) is 0 Å². The van der Waals surface area contributed by atoms with Crippen molar-refractivity contribution >= 4 is 5.91 Å². The molecular weight excluding hydrogens is 307 g/mol. The van der Waals surface area contributed by atoms with E-state index in [2.05, 4.69) is 10.5 Å². The van der Waals surface area contributed by atoms with Crippen molar-refractivity contribution in [3.63, 3.8) is 0 Å². The second-order valence-electron chi connectivity index (χ2n) is 5.57. The third-order valence-electron chi connectivity index (χ3n) is 3.71. The first-order valence-corrected chi connectivity index (χ1v) is 7.67. The summed E-state index contributed by atoms with van der Waals surface area (Å²) >= 11 is 0. The molecule has 1 unspecified atom stereocenters. The highest BCUT2D eigenvalue weighted by atomic mass is 19.1. The lowest BCUT2D eigenvalue weighted by Crippen LogP contribution is -2.28. The molecule has 0 aliphatic rings. The lowest BCUT2D eigenvalue weighted by atomic mass is 10.1. The van der Waals surface area contributed by atoms with Gasteiger partial charge in [-0.05, 0) is 36.8 Å². The summed E-state index contributed by atoms with van der Waals surface area (Å²) in [5.41, 5.74) is 2.29. The van der Waals surface area contributed by atoms with Crippen LogP contribution in [0.25, 0.3) is 11.3 Å². The van der Waals surface area contributed by atoms with Gasteiger partial charge in [0.05, 0.1) is 18.2 Å². The van der Waals surface area contributed by atoms with Gasteiger partial charge in [-0.25, -0.2) is 4.39 Å². The van der Waals surface area contributed by atoms with E-state index in [0.717, 1.165) is 5.56 Å². The number of benzene rings is 2. The Hall–Kier alpha value is -2.95. The molecule has 1 heterocycles. The van der Waals surface area contributed by atoms with Crippen LogP contribution in [0.2, 0.25) is 0 Å². The summed E-state index contributed by atoms with van der Waals surface area (Å²) in [6, 6.07) is 17.3. The first-order chi connectivity index (χ1) is 11.6. The topological polar surface area (TPSA) is 55.1 Å². The molecule has 0 aliphatic heterocycles. The van der Waals surface area contributed by atoms with Crippen LogP contribution in [-0.2, 0) is 11.2 Å². The Labute approximate surface area is 139 Å². The number of rotatable bonds is 5. The van der Waals surface area contributed by atoms with Gasteiger partial charge in [-0.3, -0.25) is 4.79 Å². The number of nitrogens with zero attached hydrogens (tertiary/aromatic N) is 1. The van der Waals surface area contributed by atoms with Gasteiger partial charge in [-0.2, -0.15) is 0 Å². The molecule has 5 heteroatoms. The smallest absolute Gasteiger partial charge is 0.226 e. The fourth-order valence-corrected chi connectivity index (χ4v) is 2.43. The number of nitrogens with one attached hydrogen (secondary N) is 1. The van der Waals surface area contributed by atoms with Gasteiger partial charge in [0.15, 0.2) is 5.76 Å². The Kier molecular flexibility index (Phi) is 4.70. The van der Waals surface area contributed by atoms with E-state index in [1.807, 2.05) is 37.3 Å². The highest BCUT2D eigenvalue weighted by molar-refractivity contribution is 5.78. The van der Waals surface area contributed by atoms with Crippen LogP contribution in [0.3, 0.4) is 0 Å². The zero-order valence-corrected chi connectivity index (χ0v) is 13.2. The first kappa shape index (κ1) is 15.9. The molecule has 0 spiro atoms. The van der Waals surface area contributed by atoms with Crippen molar-refractivity contribution in [2.45, 2.75) is 19.4 Å². The molecule has 3 aromatic rings. The molecule has 1 amide bonds. The van der Waals surface area contributed by atoms with Crippen LogP contribution >= 0.6 is 0 Å². The molecule has 3 rings (SSSR count). The van der Waals surface area contributed by atoms with Gasteiger partial charge in [0.2, 0.25) is 5.91 Å². The molecule has 1 aromatic heterocycles. The molecule has 1 atom stereocenters. The van der Waals surface area contributed by atoms with Crippen molar-refractivity contribution in [3.8, 4) is 11.3 Å². The van der Waals surface area contributed by atoms with E-state index >= 15 is 0 Å². The standard InChI is InChI=1S/C19H17FN2O2/c1-13(14-5-3-2-4-6-14)21-19(23)12-17-11-18(24-22-17)15-7-9-16(20)10-8-15/h2-11,13H,12H2,1H3,(H,21,23). The summed E-state index contributed by atoms with van der Waals surface area (Å²) in [6.07, 6.45) is 0.127. The zero-order valence-electron chi connectivity index (χ0n) is 13.2. The molecule has 0 fully saturated rings. The van der Waals surface area contributed by atoms with Crippen LogP contribution in [0.4, 0.5) is 4.39 Å². The number of hydrogen-bond acceptors (Lipinski definition) is 3. The Morgan fingerprint density at radius 1 is 1.17 bits per heavy atom. The second-order valence-corrected chi connectivity index (χ2v) is 5.57. The monoisotopic (exact) mass is 324 g/mol. The second kappa shape index (κ2) is 7.08. The van der Waals surface area contributed by atoms with E-state index < -0.39 is 0 Å². The molecule has 0 aliphatic carbocycles. The third-order valence-corrected chi connectivity index (χ3v) is 3.71. The quantitative estimate of drug-likeness (QED) is 0.774. The van der Waals surface area contributed by atoms with Crippen LogP contribution in [0.15, 0.2) is 65.2 Å². The lowest BCUT2D eigenvalue weighted by Gasteiger charge is -2.13. The van der Waals surface area contributed by atoms with Crippen molar-refractivity contribution in [1.82, 2.24) is 10.5 Å². The van der Waals surface area contributed by atoms with E-state index in [0.29, 0.717) is 17.0 Å². The van der Waals surface area contributed by atoms with Crippen LogP contribution in [0.5, 0.6) is 0 Å². The molecule has 4 nitrogen and oxygen atoms in total. The van der Waals surface area contributed by atoms with E-state index in [4.69, 9.17) is 4.52 Å². The average Bonchev–Trinajstić information content (AvgIpc) is 3.04. The molecule has 0 saturated carbocycles. The SMILES string of the molecule is CC(NC(=O)Cc1cc(-c2ccc(F)cc2)on1)c1ccccc1. The number of halogens is 1. The van der Waals surface area contributed by atoms with E-state index in [-0.39, 0.29) is 24.2 Å². The Morgan fingerprint density at radius 2 is 1.88 bits per heavy atom. The first-order valence-electron chi connectivity index (χ1n) is 7.67. The zero-order chi connectivity index (χ0) is 16.9. The Morgan fingerprint density at radius 3 is 2.58 bits per heavy atom. The van der Waals surface area contributed by atoms with E-state index in [9.17, 15) is 9.18 Å². The van der Waals surface area contributed by atoms with Crippen molar-refractivity contribution in [2.75, 3.05) is 0 Å². The van der Waals surface area contributed by atoms with Gasteiger partial charge < -0.3 is 9.84 Å². The third kappa shape index (κ3) is 3.87. The maximum atomic E-state index is 12.9. The van der Waals surface area contributed by atoms with Gasteiger partial charge in [-0.15, -0.1) is 0 Å². The summed E-state index contributed by atoms with van der Waals surface area (Å²) in [4.78, 5) is 12.1. The van der Waals surface area contributed by atoms with Crippen LogP contribution < -0.4 is 5.32 Å². The van der Waals surface area contributed by atoms with Crippen molar-refractivity contribution in [2.24, 2.45) is 0 Å². The Bertz CT molecular complexity index is 813. The molecule has 1 N–H and O–H groups in total. The summed E-state index contributed by atoms with van der Waals surface area (Å²) < 4.78 is 18.2. The van der Waals surface area contributed by atoms with Gasteiger partial charge in [0, 0.05) is 11.6 Å². The summed E-state index contributed by atoms with van der Waals surface area (Å²) in [7, 11) is 0. The number of amides is 1. The molecule has 0 saturated heterocycles. The minimum Gasteiger partial charge on any atom is -0.356 e. The Balaban J connectivity index is 1.62. The molecule has 0 radical (unpaired) electrons. The summed E-state index contributed by atoms with van der Waals surface area (Å²) in [5.74, 6) is 0.0620. The fraction of sp³-hybridized carbons (Fsp3) is 0.158. The van der Waals surface area contributed by atoms with Crippen LogP contribution in [0.1, 0.15) is 24.2 Å². The summed E-state index contributed by atoms with van der Waals surface area (Å²) in [6.45, 7) is 1.93. The summed E-state index contributed by atoms with van der Waals surface area (Å²) in [5, 5.41) is 6.84. The minimum atomic E-state index is -0.312. The highest BCUT2D eigenvalue weighted by Gasteiger charge is 2.13. The lowest BCUT2D eigenvalue weighted by molar-refractivity contribution is -0.121. The van der Waals surface area contributed by atoms with Crippen LogP contribution in [-0.4, -0.2) is 11.1 Å². The molecular formula is C19H17FN2O2. The normalized spacial score (nSPS) is 11.9. The van der Waals surface area contributed by atoms with Crippen molar-refractivity contribution in [3.05, 3.63) is 77.7 Å². The number of carbonyl (C=O) groups excluding carboxylic acids is 1. The average molecular weight is 324 g/mol. The molecule has 24 heavy (non-hydrogen) atoms. The predicted octanol–water partition coefficient (Wildman–Crippen LogP) is 3.90. The molecule has 2 aromatic carbocycles. The highest BCUT2D eigenvalue weighted by Crippen LogP contribution is 2.21. The number of aromatic nitrogens is 1. The predicted molar refractivity (Wildman–Crippen MR) is 88.6 cm³/mol.